The summed E-state index contributed by atoms with van der Waals surface area (Å²) in [5, 5.41) is 24.1. The van der Waals surface area contributed by atoms with E-state index in [4.69, 9.17) is 4.74 Å². The van der Waals surface area contributed by atoms with E-state index in [0.717, 1.165) is 22.2 Å². The van der Waals surface area contributed by atoms with Gasteiger partial charge in [-0.3, -0.25) is 25.1 Å². The zero-order chi connectivity index (χ0) is 20.6. The summed E-state index contributed by atoms with van der Waals surface area (Å²) in [6, 6.07) is 7.52. The Morgan fingerprint density at radius 3 is 2.46 bits per heavy atom. The Morgan fingerprint density at radius 2 is 1.86 bits per heavy atom. The molecule has 0 bridgehead atoms. The number of methoxy groups -OCH3 is 1. The van der Waals surface area contributed by atoms with Crippen LogP contribution in [0.4, 0.5) is 11.4 Å². The molecule has 2 aromatic carbocycles. The van der Waals surface area contributed by atoms with Crippen molar-refractivity contribution in [2.24, 2.45) is 0 Å². The average Bonchev–Trinajstić information content (AvgIpc) is 2.93. The largest absolute Gasteiger partial charge is 0.865 e. The molecule has 1 aliphatic heterocycles. The number of carbonyl (C=O) groups is 2. The van der Waals surface area contributed by atoms with E-state index in [0.29, 0.717) is 5.69 Å². The molecule has 1 saturated heterocycles. The minimum Gasteiger partial charge on any atom is -0.865 e. The van der Waals surface area contributed by atoms with E-state index in [9.17, 15) is 24.8 Å². The number of rotatable bonds is 4. The van der Waals surface area contributed by atoms with Gasteiger partial charge in [0, 0.05) is 11.8 Å². The Morgan fingerprint density at radius 1 is 1.14 bits per heavy atom. The number of nitro benzene ring substituents is 1. The number of hydrogen-bond donors (Lipinski definition) is 1. The fraction of sp³-hybridized carbons (Fsp3) is 0.158. The van der Waals surface area contributed by atoms with Crippen LogP contribution in [0.2, 0.25) is 0 Å². The van der Waals surface area contributed by atoms with Gasteiger partial charge in [0.1, 0.15) is 11.3 Å². The van der Waals surface area contributed by atoms with Gasteiger partial charge in [0.25, 0.3) is 17.5 Å². The quantitative estimate of drug-likeness (QED) is 0.372. The normalized spacial score (nSPS) is 15.1. The maximum absolute atomic E-state index is 12.7. The molecule has 0 atom stereocenters. The zero-order valence-corrected chi connectivity index (χ0v) is 15.3. The van der Waals surface area contributed by atoms with Gasteiger partial charge in [-0.15, -0.1) is 0 Å². The standard InChI is InChI=1S/C19H17N3O6/c1-10-4-5-13(6-11(10)2)21-19(25)14(18(24)20-21)7-12-8-15(22(26)27)17(23)16(9-12)28-3/h4-9,23H,1-3H3,(H,20,24)/p-1. The van der Waals surface area contributed by atoms with Crippen LogP contribution in [0.25, 0.3) is 6.08 Å². The van der Waals surface area contributed by atoms with Gasteiger partial charge in [-0.05, 0) is 54.8 Å². The van der Waals surface area contributed by atoms with Crippen molar-refractivity contribution in [2.45, 2.75) is 13.8 Å². The van der Waals surface area contributed by atoms with Crippen molar-refractivity contribution in [3.05, 3.63) is 62.7 Å². The molecule has 0 spiro atoms. The van der Waals surface area contributed by atoms with Crippen LogP contribution >= 0.6 is 0 Å². The SMILES string of the molecule is COc1cc(C=C2C(=O)NN(c3ccc(C)c(C)c3)C2=O)cc([N+](=O)[O-])c1[O-]. The van der Waals surface area contributed by atoms with E-state index in [-0.39, 0.29) is 16.9 Å². The molecule has 1 N–H and O–H groups in total. The van der Waals surface area contributed by atoms with Crippen molar-refractivity contribution in [1.82, 2.24) is 5.43 Å². The molecule has 0 aromatic heterocycles. The van der Waals surface area contributed by atoms with Crippen molar-refractivity contribution >= 4 is 29.3 Å². The monoisotopic (exact) mass is 382 g/mol. The molecule has 9 heteroatoms. The highest BCUT2D eigenvalue weighted by molar-refractivity contribution is 6.31. The summed E-state index contributed by atoms with van der Waals surface area (Å²) >= 11 is 0. The third-order valence-electron chi connectivity index (χ3n) is 4.43. The molecular formula is C19H16N3O6-. The topological polar surface area (TPSA) is 125 Å². The molecule has 0 unspecified atom stereocenters. The van der Waals surface area contributed by atoms with E-state index in [1.807, 2.05) is 19.9 Å². The van der Waals surface area contributed by atoms with Gasteiger partial charge < -0.3 is 9.84 Å². The second-order valence-electron chi connectivity index (χ2n) is 6.24. The average molecular weight is 382 g/mol. The van der Waals surface area contributed by atoms with Gasteiger partial charge in [0.05, 0.1) is 17.7 Å². The van der Waals surface area contributed by atoms with Gasteiger partial charge in [-0.1, -0.05) is 6.07 Å². The predicted octanol–water partition coefficient (Wildman–Crippen LogP) is 1.76. The number of nitrogens with one attached hydrogen (secondary N) is 1. The molecule has 0 saturated carbocycles. The third-order valence-corrected chi connectivity index (χ3v) is 4.43. The second-order valence-corrected chi connectivity index (χ2v) is 6.24. The maximum atomic E-state index is 12.7. The van der Waals surface area contributed by atoms with E-state index in [1.165, 1.54) is 19.3 Å². The number of amides is 2. The minimum absolute atomic E-state index is 0.128. The first-order valence-corrected chi connectivity index (χ1v) is 8.20. The van der Waals surface area contributed by atoms with E-state index >= 15 is 0 Å². The van der Waals surface area contributed by atoms with Gasteiger partial charge >= 0.3 is 0 Å². The Balaban J connectivity index is 2.02. The van der Waals surface area contributed by atoms with Crippen molar-refractivity contribution in [1.29, 1.82) is 0 Å². The highest BCUT2D eigenvalue weighted by Crippen LogP contribution is 2.35. The summed E-state index contributed by atoms with van der Waals surface area (Å²) in [7, 11) is 1.20. The first kappa shape index (κ1) is 18.9. The first-order chi connectivity index (χ1) is 13.2. The number of hydrazine groups is 1. The molecule has 9 nitrogen and oxygen atoms in total. The van der Waals surface area contributed by atoms with Crippen LogP contribution in [0.15, 0.2) is 35.9 Å². The third kappa shape index (κ3) is 3.25. The number of nitro groups is 1. The summed E-state index contributed by atoms with van der Waals surface area (Å²) in [4.78, 5) is 35.2. The molecule has 144 valence electrons. The van der Waals surface area contributed by atoms with Gasteiger partial charge in [0.2, 0.25) is 0 Å². The molecule has 1 heterocycles. The van der Waals surface area contributed by atoms with E-state index in [2.05, 4.69) is 5.43 Å². The number of aryl methyl sites for hydroxylation is 2. The van der Waals surface area contributed by atoms with Gasteiger partial charge in [0.15, 0.2) is 0 Å². The maximum Gasteiger partial charge on any atom is 0.282 e. The highest BCUT2D eigenvalue weighted by atomic mass is 16.6. The van der Waals surface area contributed by atoms with Crippen molar-refractivity contribution in [2.75, 3.05) is 12.1 Å². The second kappa shape index (κ2) is 7.03. The fourth-order valence-electron chi connectivity index (χ4n) is 2.75. The Labute approximate surface area is 160 Å². The van der Waals surface area contributed by atoms with Crippen LogP contribution in [0.5, 0.6) is 11.5 Å². The Kier molecular flexibility index (Phi) is 4.74. The number of nitrogens with zero attached hydrogens (tertiary/aromatic N) is 2. The van der Waals surface area contributed by atoms with Crippen molar-refractivity contribution < 1.29 is 24.4 Å². The van der Waals surface area contributed by atoms with Gasteiger partial charge in [-0.25, -0.2) is 5.01 Å². The lowest BCUT2D eigenvalue weighted by Gasteiger charge is -2.16. The van der Waals surface area contributed by atoms with Crippen LogP contribution < -0.4 is 20.3 Å². The van der Waals surface area contributed by atoms with Crippen LogP contribution in [0, 0.1) is 24.0 Å². The smallest absolute Gasteiger partial charge is 0.282 e. The number of benzene rings is 2. The Bertz CT molecular complexity index is 1040. The summed E-state index contributed by atoms with van der Waals surface area (Å²) < 4.78 is 4.87. The predicted molar refractivity (Wildman–Crippen MR) is 98.6 cm³/mol. The summed E-state index contributed by atoms with van der Waals surface area (Å²) in [5.41, 5.74) is 4.15. The zero-order valence-electron chi connectivity index (χ0n) is 15.3. The number of hydrogen-bond acceptors (Lipinski definition) is 6. The van der Waals surface area contributed by atoms with E-state index < -0.39 is 28.2 Å². The lowest BCUT2D eigenvalue weighted by Crippen LogP contribution is -2.35. The number of ether oxygens (including phenoxy) is 1. The van der Waals surface area contributed by atoms with Crippen LogP contribution in [0.3, 0.4) is 0 Å². The fourth-order valence-corrected chi connectivity index (χ4v) is 2.75. The Hall–Kier alpha value is -3.88. The van der Waals surface area contributed by atoms with Crippen LogP contribution in [-0.2, 0) is 9.59 Å². The summed E-state index contributed by atoms with van der Waals surface area (Å²) in [6.07, 6.45) is 1.19. The molecule has 2 amide bonds. The van der Waals surface area contributed by atoms with Gasteiger partial charge in [-0.2, -0.15) is 0 Å². The van der Waals surface area contributed by atoms with Crippen molar-refractivity contribution in [3.63, 3.8) is 0 Å². The minimum atomic E-state index is -0.881. The molecule has 0 radical (unpaired) electrons. The first-order valence-electron chi connectivity index (χ1n) is 8.20. The van der Waals surface area contributed by atoms with Crippen LogP contribution in [-0.4, -0.2) is 23.8 Å². The summed E-state index contributed by atoms with van der Waals surface area (Å²) in [5.74, 6) is -2.40. The highest BCUT2D eigenvalue weighted by Gasteiger charge is 2.34. The molecule has 3 rings (SSSR count). The van der Waals surface area contributed by atoms with Crippen molar-refractivity contribution in [3.8, 4) is 11.5 Å². The van der Waals surface area contributed by atoms with E-state index in [1.54, 1.807) is 12.1 Å². The molecule has 28 heavy (non-hydrogen) atoms. The van der Waals surface area contributed by atoms with Crippen LogP contribution in [0.1, 0.15) is 16.7 Å². The molecule has 1 fully saturated rings. The molecular weight excluding hydrogens is 366 g/mol. The number of anilines is 1. The lowest BCUT2D eigenvalue weighted by atomic mass is 10.1. The number of carbonyl (C=O) groups excluding carboxylic acids is 2. The molecule has 1 aliphatic rings. The summed E-state index contributed by atoms with van der Waals surface area (Å²) in [6.45, 7) is 3.81. The lowest BCUT2D eigenvalue weighted by molar-refractivity contribution is -0.398. The molecule has 2 aromatic rings. The molecule has 0 aliphatic carbocycles.